The van der Waals surface area contributed by atoms with Crippen LogP contribution in [0.2, 0.25) is 0 Å². The number of hydrogen-bond donors (Lipinski definition) is 3. The molecular formula is C20H28O6. The molecule has 0 saturated carbocycles. The highest BCUT2D eigenvalue weighted by molar-refractivity contribution is 6.25. The molecule has 2 aliphatic rings. The van der Waals surface area contributed by atoms with E-state index in [0.29, 0.717) is 0 Å². The molecule has 0 bridgehead atoms. The molecule has 0 spiro atoms. The first-order chi connectivity index (χ1) is 11.8. The highest BCUT2D eigenvalue weighted by atomic mass is 16.5. The molecule has 3 N–H and O–H groups in total. The molecule has 0 saturated heterocycles. The molecule has 0 aromatic carbocycles. The lowest BCUT2D eigenvalue weighted by molar-refractivity contribution is -0.139. The monoisotopic (exact) mass is 364 g/mol. The molecule has 2 rings (SSSR count). The number of hydrogen-bond acceptors (Lipinski definition) is 6. The van der Waals surface area contributed by atoms with Gasteiger partial charge in [0.2, 0.25) is 5.78 Å². The van der Waals surface area contributed by atoms with E-state index in [2.05, 4.69) is 0 Å². The van der Waals surface area contributed by atoms with E-state index in [9.17, 15) is 24.9 Å². The van der Waals surface area contributed by atoms with Crippen LogP contribution in [0.5, 0.6) is 0 Å². The minimum Gasteiger partial charge on any atom is -0.507 e. The second kappa shape index (κ2) is 6.67. The van der Waals surface area contributed by atoms with E-state index < -0.39 is 40.5 Å². The molecule has 0 fully saturated rings. The van der Waals surface area contributed by atoms with Crippen molar-refractivity contribution in [3.05, 3.63) is 34.3 Å². The molecule has 0 amide bonds. The van der Waals surface area contributed by atoms with Crippen LogP contribution >= 0.6 is 0 Å². The number of carbonyl (C=O) groups is 2. The van der Waals surface area contributed by atoms with Crippen molar-refractivity contribution in [2.75, 3.05) is 0 Å². The molecule has 0 aromatic rings. The van der Waals surface area contributed by atoms with Gasteiger partial charge in [-0.1, -0.05) is 25.5 Å². The standard InChI is InChI=1S/C20H28O6/c1-10(2)7-8-20(25)17(23)14(15(21)11(3)4)16(22)12-9-13(19(5,6)24)26-18(12)20/h7,11,13,22,24-25H,8-9H2,1-6H3. The quantitative estimate of drug-likeness (QED) is 0.511. The minimum absolute atomic E-state index is 0.0649. The highest BCUT2D eigenvalue weighted by Gasteiger charge is 2.55. The summed E-state index contributed by atoms with van der Waals surface area (Å²) in [7, 11) is 0. The molecule has 0 radical (unpaired) electrons. The van der Waals surface area contributed by atoms with Crippen LogP contribution in [0.25, 0.3) is 0 Å². The summed E-state index contributed by atoms with van der Waals surface area (Å²) >= 11 is 0. The van der Waals surface area contributed by atoms with Crippen molar-refractivity contribution in [2.24, 2.45) is 5.92 Å². The van der Waals surface area contributed by atoms with Gasteiger partial charge >= 0.3 is 0 Å². The van der Waals surface area contributed by atoms with E-state index in [1.54, 1.807) is 33.8 Å². The molecular weight excluding hydrogens is 336 g/mol. The predicted octanol–water partition coefficient (Wildman–Crippen LogP) is 2.51. The maximum atomic E-state index is 13.0. The van der Waals surface area contributed by atoms with E-state index in [-0.39, 0.29) is 29.7 Å². The lowest BCUT2D eigenvalue weighted by atomic mass is 9.76. The second-order valence-corrected chi connectivity index (χ2v) is 8.19. The molecule has 6 heteroatoms. The molecule has 2 atom stereocenters. The Balaban J connectivity index is 2.63. The van der Waals surface area contributed by atoms with E-state index in [4.69, 9.17) is 4.74 Å². The van der Waals surface area contributed by atoms with Crippen molar-refractivity contribution >= 4 is 11.6 Å². The Kier molecular flexibility index (Phi) is 5.23. The van der Waals surface area contributed by atoms with Crippen LogP contribution in [0, 0.1) is 5.92 Å². The van der Waals surface area contributed by atoms with Crippen LogP contribution in [0.4, 0.5) is 0 Å². The Labute approximate surface area is 153 Å². The van der Waals surface area contributed by atoms with Gasteiger partial charge in [0.25, 0.3) is 0 Å². The van der Waals surface area contributed by atoms with E-state index in [1.807, 2.05) is 13.8 Å². The molecule has 6 nitrogen and oxygen atoms in total. The Hall–Kier alpha value is -1.92. The van der Waals surface area contributed by atoms with Crippen molar-refractivity contribution < 1.29 is 29.6 Å². The van der Waals surface area contributed by atoms with Gasteiger partial charge in [0.15, 0.2) is 11.4 Å². The third-order valence-corrected chi connectivity index (χ3v) is 4.79. The van der Waals surface area contributed by atoms with Crippen LogP contribution in [0.1, 0.15) is 54.4 Å². The van der Waals surface area contributed by atoms with Crippen LogP contribution in [-0.2, 0) is 14.3 Å². The lowest BCUT2D eigenvalue weighted by Crippen LogP contribution is -2.47. The Morgan fingerprint density at radius 3 is 2.42 bits per heavy atom. The average molecular weight is 364 g/mol. The summed E-state index contributed by atoms with van der Waals surface area (Å²) in [6.45, 7) is 10.0. The van der Waals surface area contributed by atoms with Crippen LogP contribution in [-0.4, -0.2) is 44.2 Å². The van der Waals surface area contributed by atoms with Gasteiger partial charge in [-0.2, -0.15) is 0 Å². The molecule has 1 aliphatic heterocycles. The Morgan fingerprint density at radius 2 is 1.96 bits per heavy atom. The van der Waals surface area contributed by atoms with Crippen molar-refractivity contribution in [1.82, 2.24) is 0 Å². The number of rotatable bonds is 5. The second-order valence-electron chi connectivity index (χ2n) is 8.19. The summed E-state index contributed by atoms with van der Waals surface area (Å²) in [6.07, 6.45) is 0.968. The number of carbonyl (C=O) groups excluding carboxylic acids is 2. The van der Waals surface area contributed by atoms with Crippen molar-refractivity contribution in [2.45, 2.75) is 71.7 Å². The number of allylic oxidation sites excluding steroid dienone is 2. The first-order valence-electron chi connectivity index (χ1n) is 8.81. The van der Waals surface area contributed by atoms with Crippen LogP contribution in [0.15, 0.2) is 34.3 Å². The fourth-order valence-electron chi connectivity index (χ4n) is 3.10. The minimum atomic E-state index is -2.07. The SMILES string of the molecule is CC(C)=CCC1(O)C(=O)C(C(=O)C(C)C)=C(O)C2=C1OC(C(C)(C)O)C2. The number of aliphatic hydroxyl groups is 3. The van der Waals surface area contributed by atoms with Crippen LogP contribution < -0.4 is 0 Å². The summed E-state index contributed by atoms with van der Waals surface area (Å²) in [4.78, 5) is 25.6. The Morgan fingerprint density at radius 1 is 1.38 bits per heavy atom. The molecule has 2 unspecified atom stereocenters. The van der Waals surface area contributed by atoms with Gasteiger partial charge in [-0.3, -0.25) is 9.59 Å². The fraction of sp³-hybridized carbons (Fsp3) is 0.600. The topological polar surface area (TPSA) is 104 Å². The summed E-state index contributed by atoms with van der Waals surface area (Å²) in [5.74, 6) is -2.41. The largest absolute Gasteiger partial charge is 0.507 e. The Bertz CT molecular complexity index is 728. The molecule has 0 aromatic heterocycles. The highest BCUT2D eigenvalue weighted by Crippen LogP contribution is 2.46. The number of ketones is 2. The van der Waals surface area contributed by atoms with Crippen molar-refractivity contribution in [1.29, 1.82) is 0 Å². The smallest absolute Gasteiger partial charge is 0.209 e. The van der Waals surface area contributed by atoms with Gasteiger partial charge in [-0.05, 0) is 27.7 Å². The van der Waals surface area contributed by atoms with Crippen LogP contribution in [0.3, 0.4) is 0 Å². The summed E-state index contributed by atoms with van der Waals surface area (Å²) in [6, 6.07) is 0. The third kappa shape index (κ3) is 3.35. The van der Waals surface area contributed by atoms with Gasteiger partial charge in [0.05, 0.1) is 5.60 Å². The number of Topliss-reactive ketones (excluding diaryl/α,β-unsaturated/α-hetero) is 2. The van der Waals surface area contributed by atoms with Gasteiger partial charge in [-0.25, -0.2) is 0 Å². The normalized spacial score (nSPS) is 26.2. The van der Waals surface area contributed by atoms with Crippen molar-refractivity contribution in [3.63, 3.8) is 0 Å². The van der Waals surface area contributed by atoms with E-state index in [1.165, 1.54) is 0 Å². The zero-order chi connectivity index (χ0) is 20.0. The lowest BCUT2D eigenvalue weighted by Gasteiger charge is -2.33. The van der Waals surface area contributed by atoms with Gasteiger partial charge < -0.3 is 20.1 Å². The zero-order valence-electron chi connectivity index (χ0n) is 16.2. The summed E-state index contributed by atoms with van der Waals surface area (Å²) in [5, 5.41) is 32.1. The zero-order valence-corrected chi connectivity index (χ0v) is 16.2. The molecule has 1 heterocycles. The third-order valence-electron chi connectivity index (χ3n) is 4.79. The number of aliphatic hydroxyl groups excluding tert-OH is 1. The van der Waals surface area contributed by atoms with E-state index in [0.717, 1.165) is 5.57 Å². The maximum absolute atomic E-state index is 13.0. The van der Waals surface area contributed by atoms with Gasteiger partial charge in [0, 0.05) is 24.3 Å². The number of ether oxygens (including phenoxy) is 1. The maximum Gasteiger partial charge on any atom is 0.209 e. The molecule has 1 aliphatic carbocycles. The van der Waals surface area contributed by atoms with Crippen molar-refractivity contribution in [3.8, 4) is 0 Å². The summed E-state index contributed by atoms with van der Waals surface area (Å²) in [5.41, 5.74) is -2.60. The first kappa shape index (κ1) is 20.4. The first-order valence-corrected chi connectivity index (χ1v) is 8.81. The van der Waals surface area contributed by atoms with Gasteiger partial charge in [0.1, 0.15) is 23.2 Å². The molecule has 144 valence electrons. The average Bonchev–Trinajstić information content (AvgIpc) is 2.97. The fourth-order valence-corrected chi connectivity index (χ4v) is 3.10. The summed E-state index contributed by atoms with van der Waals surface area (Å²) < 4.78 is 5.73. The van der Waals surface area contributed by atoms with E-state index >= 15 is 0 Å². The predicted molar refractivity (Wildman–Crippen MR) is 96.3 cm³/mol. The molecule has 26 heavy (non-hydrogen) atoms. The van der Waals surface area contributed by atoms with Gasteiger partial charge in [-0.15, -0.1) is 0 Å².